The Morgan fingerprint density at radius 3 is 1.56 bits per heavy atom. The van der Waals surface area contributed by atoms with Gasteiger partial charge in [-0.15, -0.1) is 0 Å². The van der Waals surface area contributed by atoms with Crippen LogP contribution in [0.15, 0.2) is 91.0 Å². The molecule has 0 N–H and O–H groups in total. The van der Waals surface area contributed by atoms with Gasteiger partial charge in [-0.2, -0.15) is 0 Å². The van der Waals surface area contributed by atoms with Crippen LogP contribution in [0.4, 0.5) is 5.69 Å². The minimum absolute atomic E-state index is 0.0773. The van der Waals surface area contributed by atoms with Crippen molar-refractivity contribution in [1.29, 1.82) is 0 Å². The Hall–Kier alpha value is -3.15. The second-order valence-corrected chi connectivity index (χ2v) is 16.8. The van der Waals surface area contributed by atoms with Crippen LogP contribution in [0.5, 0.6) is 0 Å². The van der Waals surface area contributed by atoms with Crippen molar-refractivity contribution in [3.63, 3.8) is 0 Å². The number of nitrogens with zero attached hydrogens (tertiary/aromatic N) is 1. The molecule has 0 aliphatic rings. The van der Waals surface area contributed by atoms with E-state index in [0.717, 1.165) is 0 Å². The summed E-state index contributed by atoms with van der Waals surface area (Å²) in [4.78, 5) is 2.28. The predicted octanol–water partition coefficient (Wildman–Crippen LogP) is 10.2. The van der Waals surface area contributed by atoms with Crippen LogP contribution in [0, 0.1) is 0 Å². The molecule has 0 saturated heterocycles. The average Bonchev–Trinajstić information content (AvgIpc) is 2.91. The monoisotopic (exact) mass is 559 g/mol. The second-order valence-electron chi connectivity index (χ2n) is 14.0. The SMILES string of the molecule is CC(C)P(c1cc(C(C)(C)C)cc(C(C)(C)C)c1)c1ccc2ccccc2c1-c1c(N(C)C)ccc2ccccc12. The zero-order valence-electron chi connectivity index (χ0n) is 26.6. The minimum atomic E-state index is -0.660. The Morgan fingerprint density at radius 1 is 0.585 bits per heavy atom. The molecule has 41 heavy (non-hydrogen) atoms. The first kappa shape index (κ1) is 29.3. The quantitative estimate of drug-likeness (QED) is 0.194. The Bertz CT molecular complexity index is 1680. The molecule has 0 aromatic heterocycles. The van der Waals surface area contributed by atoms with E-state index in [0.29, 0.717) is 5.66 Å². The summed E-state index contributed by atoms with van der Waals surface area (Å²) in [7, 11) is 3.69. The van der Waals surface area contributed by atoms with Gasteiger partial charge in [0, 0.05) is 30.9 Å². The van der Waals surface area contributed by atoms with E-state index in [9.17, 15) is 0 Å². The van der Waals surface area contributed by atoms with Crippen molar-refractivity contribution >= 4 is 45.8 Å². The summed E-state index contributed by atoms with van der Waals surface area (Å²) in [5.74, 6) is 0. The van der Waals surface area contributed by atoms with E-state index < -0.39 is 7.92 Å². The van der Waals surface area contributed by atoms with Crippen molar-refractivity contribution in [2.45, 2.75) is 71.9 Å². The maximum absolute atomic E-state index is 2.52. The normalized spacial score (nSPS) is 13.2. The largest absolute Gasteiger partial charge is 0.377 e. The van der Waals surface area contributed by atoms with E-state index >= 15 is 0 Å². The topological polar surface area (TPSA) is 3.24 Å². The van der Waals surface area contributed by atoms with Gasteiger partial charge in [0.05, 0.1) is 0 Å². The molecular formula is C39H46NP. The van der Waals surface area contributed by atoms with Gasteiger partial charge in [-0.25, -0.2) is 0 Å². The van der Waals surface area contributed by atoms with Crippen molar-refractivity contribution in [3.05, 3.63) is 102 Å². The fourth-order valence-electron chi connectivity index (χ4n) is 5.95. The minimum Gasteiger partial charge on any atom is -0.377 e. The lowest BCUT2D eigenvalue weighted by Gasteiger charge is -2.32. The molecule has 1 nitrogen and oxygen atoms in total. The molecule has 5 aromatic rings. The highest BCUT2D eigenvalue weighted by atomic mass is 31.1. The molecular weight excluding hydrogens is 513 g/mol. The second kappa shape index (κ2) is 10.9. The van der Waals surface area contributed by atoms with Crippen LogP contribution in [0.1, 0.15) is 66.5 Å². The van der Waals surface area contributed by atoms with E-state index in [1.165, 1.54) is 60.1 Å². The van der Waals surface area contributed by atoms with Gasteiger partial charge < -0.3 is 4.90 Å². The van der Waals surface area contributed by atoms with Crippen LogP contribution in [-0.2, 0) is 10.8 Å². The molecule has 0 heterocycles. The highest BCUT2D eigenvalue weighted by Crippen LogP contribution is 2.48. The highest BCUT2D eigenvalue weighted by molar-refractivity contribution is 7.73. The summed E-state index contributed by atoms with van der Waals surface area (Å²) in [6.45, 7) is 18.9. The third-order valence-corrected chi connectivity index (χ3v) is 11.0. The Morgan fingerprint density at radius 2 is 1.07 bits per heavy atom. The lowest BCUT2D eigenvalue weighted by atomic mass is 9.81. The first-order chi connectivity index (χ1) is 19.3. The fraction of sp³-hybridized carbons (Fsp3) is 0.333. The van der Waals surface area contributed by atoms with E-state index in [2.05, 4.69) is 165 Å². The van der Waals surface area contributed by atoms with Gasteiger partial charge in [0.25, 0.3) is 0 Å². The van der Waals surface area contributed by atoms with E-state index in [1.807, 2.05) is 0 Å². The van der Waals surface area contributed by atoms with Gasteiger partial charge in [0.2, 0.25) is 0 Å². The molecule has 1 unspecified atom stereocenters. The number of fused-ring (bicyclic) bond motifs is 2. The smallest absolute Gasteiger partial charge is 0.0447 e. The third kappa shape index (κ3) is 5.67. The number of rotatable bonds is 5. The van der Waals surface area contributed by atoms with Gasteiger partial charge in [-0.05, 0) is 73.8 Å². The maximum atomic E-state index is 2.52. The van der Waals surface area contributed by atoms with E-state index in [4.69, 9.17) is 0 Å². The van der Waals surface area contributed by atoms with Crippen LogP contribution < -0.4 is 15.5 Å². The van der Waals surface area contributed by atoms with Crippen LogP contribution >= 0.6 is 7.92 Å². The van der Waals surface area contributed by atoms with Gasteiger partial charge in [-0.1, -0.05) is 140 Å². The Kier molecular flexibility index (Phi) is 7.82. The third-order valence-electron chi connectivity index (χ3n) is 8.25. The first-order valence-corrected chi connectivity index (χ1v) is 16.3. The molecule has 0 fully saturated rings. The van der Waals surface area contributed by atoms with Crippen LogP contribution in [-0.4, -0.2) is 19.8 Å². The molecule has 5 aromatic carbocycles. The highest BCUT2D eigenvalue weighted by Gasteiger charge is 2.28. The molecule has 0 aliphatic heterocycles. The molecule has 0 bridgehead atoms. The number of hydrogen-bond donors (Lipinski definition) is 0. The lowest BCUT2D eigenvalue weighted by molar-refractivity contribution is 0.569. The summed E-state index contributed by atoms with van der Waals surface area (Å²) in [6, 6.07) is 34.7. The molecule has 0 aliphatic carbocycles. The lowest BCUT2D eigenvalue weighted by Crippen LogP contribution is -2.25. The number of anilines is 1. The summed E-state index contributed by atoms with van der Waals surface area (Å²) in [5, 5.41) is 8.18. The van der Waals surface area contributed by atoms with Crippen molar-refractivity contribution in [2.75, 3.05) is 19.0 Å². The summed E-state index contributed by atoms with van der Waals surface area (Å²) >= 11 is 0. The standard InChI is InChI=1S/C39H46NP/c1-26(2)41(31-24-29(38(3,4)5)23-30(25-31)39(6,7)8)35-22-20-28-16-12-14-18-33(28)37(35)36-32-17-13-11-15-27(32)19-21-34(36)40(9)10/h11-26H,1-10H3. The molecule has 212 valence electrons. The van der Waals surface area contributed by atoms with Gasteiger partial charge in [0.15, 0.2) is 0 Å². The molecule has 0 amide bonds. The Balaban J connectivity index is 1.93. The van der Waals surface area contributed by atoms with Crippen molar-refractivity contribution in [3.8, 4) is 11.1 Å². The maximum Gasteiger partial charge on any atom is 0.0447 e. The zero-order valence-corrected chi connectivity index (χ0v) is 27.5. The Labute approximate surface area is 249 Å². The molecule has 0 radical (unpaired) electrons. The van der Waals surface area contributed by atoms with E-state index in [-0.39, 0.29) is 10.8 Å². The van der Waals surface area contributed by atoms with Gasteiger partial charge >= 0.3 is 0 Å². The first-order valence-electron chi connectivity index (χ1n) is 14.9. The van der Waals surface area contributed by atoms with Crippen molar-refractivity contribution in [1.82, 2.24) is 0 Å². The molecule has 0 spiro atoms. The number of hydrogen-bond acceptors (Lipinski definition) is 1. The number of benzene rings is 5. The summed E-state index contributed by atoms with van der Waals surface area (Å²) < 4.78 is 0. The average molecular weight is 560 g/mol. The van der Waals surface area contributed by atoms with Crippen molar-refractivity contribution in [2.24, 2.45) is 0 Å². The predicted molar refractivity (Wildman–Crippen MR) is 186 cm³/mol. The summed E-state index contributed by atoms with van der Waals surface area (Å²) in [6.07, 6.45) is 0. The zero-order chi connectivity index (χ0) is 29.7. The van der Waals surface area contributed by atoms with Crippen LogP contribution in [0.3, 0.4) is 0 Å². The molecule has 5 rings (SSSR count). The van der Waals surface area contributed by atoms with Crippen LogP contribution in [0.2, 0.25) is 0 Å². The van der Waals surface area contributed by atoms with Gasteiger partial charge in [0.1, 0.15) is 0 Å². The van der Waals surface area contributed by atoms with Gasteiger partial charge in [-0.3, -0.25) is 0 Å². The molecule has 2 heteroatoms. The molecule has 1 atom stereocenters. The van der Waals surface area contributed by atoms with Crippen LogP contribution in [0.25, 0.3) is 32.7 Å². The summed E-state index contributed by atoms with van der Waals surface area (Å²) in [5.41, 5.74) is 7.48. The fourth-order valence-corrected chi connectivity index (χ4v) is 8.65. The molecule has 0 saturated carbocycles. The van der Waals surface area contributed by atoms with E-state index in [1.54, 1.807) is 0 Å². The van der Waals surface area contributed by atoms with Crippen molar-refractivity contribution < 1.29 is 0 Å².